The average molecular weight is 263 g/mol. The average Bonchev–Trinajstić information content (AvgIpc) is 2.71. The summed E-state index contributed by atoms with van der Waals surface area (Å²) >= 11 is 0. The molecule has 0 aromatic carbocycles. The molecule has 0 spiro atoms. The first-order chi connectivity index (χ1) is 8.97. The second-order valence-corrected chi connectivity index (χ2v) is 5.55. The van der Waals surface area contributed by atoms with E-state index >= 15 is 0 Å². The number of carbonyl (C=O) groups is 1. The van der Waals surface area contributed by atoms with E-state index in [2.05, 4.69) is 35.8 Å². The van der Waals surface area contributed by atoms with E-state index < -0.39 is 5.97 Å². The fourth-order valence-electron chi connectivity index (χ4n) is 2.72. The SMILES string of the molecule is CC1CN(Cc2ccc(C(=O)O)cn2)CC1N(C)C. The summed E-state index contributed by atoms with van der Waals surface area (Å²) in [6.45, 7) is 5.15. The van der Waals surface area contributed by atoms with Crippen LogP contribution in [0.15, 0.2) is 18.3 Å². The van der Waals surface area contributed by atoms with Gasteiger partial charge in [-0.05, 0) is 32.1 Å². The molecule has 0 aliphatic carbocycles. The van der Waals surface area contributed by atoms with E-state index in [4.69, 9.17) is 5.11 Å². The maximum atomic E-state index is 10.8. The van der Waals surface area contributed by atoms with Gasteiger partial charge < -0.3 is 10.0 Å². The normalized spacial score (nSPS) is 24.0. The number of carboxylic acid groups (broad SMARTS) is 1. The highest BCUT2D eigenvalue weighted by Gasteiger charge is 2.30. The van der Waals surface area contributed by atoms with Gasteiger partial charge in [0.15, 0.2) is 0 Å². The van der Waals surface area contributed by atoms with Crippen molar-refractivity contribution in [2.45, 2.75) is 19.5 Å². The van der Waals surface area contributed by atoms with Gasteiger partial charge in [0.25, 0.3) is 0 Å². The molecule has 5 heteroatoms. The summed E-state index contributed by atoms with van der Waals surface area (Å²) in [4.78, 5) is 19.6. The fraction of sp³-hybridized carbons (Fsp3) is 0.571. The van der Waals surface area contributed by atoms with E-state index in [0.717, 1.165) is 25.3 Å². The van der Waals surface area contributed by atoms with Gasteiger partial charge in [-0.3, -0.25) is 9.88 Å². The second-order valence-electron chi connectivity index (χ2n) is 5.55. The number of nitrogens with zero attached hydrogens (tertiary/aromatic N) is 3. The zero-order chi connectivity index (χ0) is 14.0. The molecule has 1 aliphatic heterocycles. The van der Waals surface area contributed by atoms with Crippen LogP contribution in [0.3, 0.4) is 0 Å². The summed E-state index contributed by atoms with van der Waals surface area (Å²) < 4.78 is 0. The molecule has 2 rings (SSSR count). The lowest BCUT2D eigenvalue weighted by atomic mass is 10.1. The lowest BCUT2D eigenvalue weighted by Crippen LogP contribution is -2.34. The second kappa shape index (κ2) is 5.67. The van der Waals surface area contributed by atoms with Crippen LogP contribution >= 0.6 is 0 Å². The van der Waals surface area contributed by atoms with Crippen molar-refractivity contribution in [2.75, 3.05) is 27.2 Å². The number of likely N-dealkylation sites (tertiary alicyclic amines) is 1. The van der Waals surface area contributed by atoms with Crippen LogP contribution in [0.2, 0.25) is 0 Å². The molecule has 1 aromatic rings. The van der Waals surface area contributed by atoms with Gasteiger partial charge >= 0.3 is 5.97 Å². The largest absolute Gasteiger partial charge is 0.478 e. The van der Waals surface area contributed by atoms with Crippen LogP contribution in [0, 0.1) is 5.92 Å². The zero-order valence-electron chi connectivity index (χ0n) is 11.7. The third-order valence-electron chi connectivity index (χ3n) is 3.77. The van der Waals surface area contributed by atoms with Crippen LogP contribution < -0.4 is 0 Å². The predicted molar refractivity (Wildman–Crippen MR) is 73.1 cm³/mol. The van der Waals surface area contributed by atoms with Gasteiger partial charge in [-0.25, -0.2) is 4.79 Å². The third kappa shape index (κ3) is 3.30. The Morgan fingerprint density at radius 3 is 2.68 bits per heavy atom. The number of rotatable bonds is 4. The maximum Gasteiger partial charge on any atom is 0.337 e. The molecule has 0 amide bonds. The highest BCUT2D eigenvalue weighted by molar-refractivity contribution is 5.87. The number of likely N-dealkylation sites (N-methyl/N-ethyl adjacent to an activating group) is 1. The van der Waals surface area contributed by atoms with Gasteiger partial charge in [0.1, 0.15) is 0 Å². The Balaban J connectivity index is 1.97. The summed E-state index contributed by atoms with van der Waals surface area (Å²) in [5.74, 6) is -0.283. The first kappa shape index (κ1) is 14.0. The monoisotopic (exact) mass is 263 g/mol. The highest BCUT2D eigenvalue weighted by atomic mass is 16.4. The summed E-state index contributed by atoms with van der Waals surface area (Å²) in [5.41, 5.74) is 1.17. The molecular formula is C14H21N3O2. The Labute approximate surface area is 113 Å². The number of hydrogen-bond acceptors (Lipinski definition) is 4. The van der Waals surface area contributed by atoms with Crippen LogP contribution in [0.5, 0.6) is 0 Å². The molecule has 0 bridgehead atoms. The van der Waals surface area contributed by atoms with E-state index in [1.165, 1.54) is 6.20 Å². The molecule has 104 valence electrons. The Morgan fingerprint density at radius 1 is 1.47 bits per heavy atom. The van der Waals surface area contributed by atoms with E-state index in [1.54, 1.807) is 12.1 Å². The topological polar surface area (TPSA) is 56.7 Å². The molecule has 5 nitrogen and oxygen atoms in total. The Morgan fingerprint density at radius 2 is 2.21 bits per heavy atom. The molecule has 1 aromatic heterocycles. The molecule has 1 saturated heterocycles. The zero-order valence-corrected chi connectivity index (χ0v) is 11.7. The summed E-state index contributed by atoms with van der Waals surface area (Å²) in [6, 6.07) is 4.00. The maximum absolute atomic E-state index is 10.8. The fourth-order valence-corrected chi connectivity index (χ4v) is 2.72. The number of hydrogen-bond donors (Lipinski definition) is 1. The third-order valence-corrected chi connectivity index (χ3v) is 3.77. The van der Waals surface area contributed by atoms with Crippen molar-refractivity contribution >= 4 is 5.97 Å². The van der Waals surface area contributed by atoms with Crippen LogP contribution in [-0.4, -0.2) is 59.1 Å². The standard InChI is InChI=1S/C14H21N3O2/c1-10-7-17(9-13(10)16(2)3)8-12-5-4-11(6-15-12)14(18)19/h4-6,10,13H,7-9H2,1-3H3,(H,18,19). The van der Waals surface area contributed by atoms with Crippen molar-refractivity contribution in [1.29, 1.82) is 0 Å². The van der Waals surface area contributed by atoms with Crippen LogP contribution in [0.1, 0.15) is 23.0 Å². The molecule has 2 unspecified atom stereocenters. The smallest absolute Gasteiger partial charge is 0.337 e. The van der Waals surface area contributed by atoms with Gasteiger partial charge in [0.2, 0.25) is 0 Å². The highest BCUT2D eigenvalue weighted by Crippen LogP contribution is 2.21. The predicted octanol–water partition coefficient (Wildman–Crippen LogP) is 1.16. The minimum Gasteiger partial charge on any atom is -0.478 e. The number of pyridine rings is 1. The number of carboxylic acids is 1. The van der Waals surface area contributed by atoms with E-state index in [0.29, 0.717) is 12.0 Å². The summed E-state index contributed by atoms with van der Waals surface area (Å²) in [6.07, 6.45) is 1.43. The Kier molecular flexibility index (Phi) is 4.17. The lowest BCUT2D eigenvalue weighted by molar-refractivity contribution is 0.0696. The molecule has 1 N–H and O–H groups in total. The Bertz CT molecular complexity index is 445. The van der Waals surface area contributed by atoms with E-state index in [-0.39, 0.29) is 5.56 Å². The molecule has 0 saturated carbocycles. The lowest BCUT2D eigenvalue weighted by Gasteiger charge is -2.22. The first-order valence-electron chi connectivity index (χ1n) is 6.54. The molecule has 1 aliphatic rings. The van der Waals surface area contributed by atoms with Crippen LogP contribution in [0.25, 0.3) is 0 Å². The minimum atomic E-state index is -0.929. The van der Waals surface area contributed by atoms with Gasteiger partial charge in [0.05, 0.1) is 11.3 Å². The Hall–Kier alpha value is -1.46. The number of aromatic carboxylic acids is 1. The van der Waals surface area contributed by atoms with Crippen LogP contribution in [0.4, 0.5) is 0 Å². The molecule has 1 fully saturated rings. The molecule has 0 radical (unpaired) electrons. The van der Waals surface area contributed by atoms with Crippen molar-refractivity contribution in [3.63, 3.8) is 0 Å². The van der Waals surface area contributed by atoms with Gasteiger partial charge in [-0.2, -0.15) is 0 Å². The van der Waals surface area contributed by atoms with Gasteiger partial charge in [-0.1, -0.05) is 6.92 Å². The summed E-state index contributed by atoms with van der Waals surface area (Å²) in [5, 5.41) is 8.83. The van der Waals surface area contributed by atoms with Gasteiger partial charge in [-0.15, -0.1) is 0 Å². The van der Waals surface area contributed by atoms with Crippen molar-refractivity contribution in [3.05, 3.63) is 29.6 Å². The first-order valence-corrected chi connectivity index (χ1v) is 6.54. The van der Waals surface area contributed by atoms with E-state index in [9.17, 15) is 4.79 Å². The van der Waals surface area contributed by atoms with E-state index in [1.807, 2.05) is 0 Å². The summed E-state index contributed by atoms with van der Waals surface area (Å²) in [7, 11) is 4.23. The van der Waals surface area contributed by atoms with Crippen molar-refractivity contribution < 1.29 is 9.90 Å². The van der Waals surface area contributed by atoms with Crippen molar-refractivity contribution in [2.24, 2.45) is 5.92 Å². The number of aromatic nitrogens is 1. The molecular weight excluding hydrogens is 242 g/mol. The molecule has 2 atom stereocenters. The molecule has 2 heterocycles. The quantitative estimate of drug-likeness (QED) is 0.883. The van der Waals surface area contributed by atoms with Crippen LogP contribution in [-0.2, 0) is 6.54 Å². The molecule has 19 heavy (non-hydrogen) atoms. The van der Waals surface area contributed by atoms with Gasteiger partial charge in [0, 0.05) is 31.9 Å². The van der Waals surface area contributed by atoms with Crippen molar-refractivity contribution in [1.82, 2.24) is 14.8 Å². The van der Waals surface area contributed by atoms with Crippen molar-refractivity contribution in [3.8, 4) is 0 Å². The minimum absolute atomic E-state index is 0.240.